The van der Waals surface area contributed by atoms with E-state index in [1.807, 2.05) is 12.1 Å². The molecular weight excluding hydrogens is 202 g/mol. The standard InChI is InChI=1S/C9H6BrN/c1-2-7-3-4-9(10)5-8(7)6-11/h2-5H,1H2. The van der Waals surface area contributed by atoms with E-state index in [0.717, 1.165) is 10.0 Å². The van der Waals surface area contributed by atoms with Crippen LogP contribution in [0.5, 0.6) is 0 Å². The van der Waals surface area contributed by atoms with Gasteiger partial charge in [0.1, 0.15) is 0 Å². The van der Waals surface area contributed by atoms with E-state index in [1.165, 1.54) is 0 Å². The molecule has 0 aliphatic rings. The average Bonchev–Trinajstić information content (AvgIpc) is 2.04. The number of halogens is 1. The Hall–Kier alpha value is -1.07. The van der Waals surface area contributed by atoms with Gasteiger partial charge in [-0.2, -0.15) is 5.26 Å². The quantitative estimate of drug-likeness (QED) is 0.695. The lowest BCUT2D eigenvalue weighted by Gasteiger charge is -1.96. The van der Waals surface area contributed by atoms with Gasteiger partial charge in [0, 0.05) is 4.47 Å². The fourth-order valence-electron chi connectivity index (χ4n) is 0.803. The van der Waals surface area contributed by atoms with Crippen LogP contribution in [-0.2, 0) is 0 Å². The summed E-state index contributed by atoms with van der Waals surface area (Å²) in [6, 6.07) is 7.60. The van der Waals surface area contributed by atoms with Crippen LogP contribution in [0.4, 0.5) is 0 Å². The molecule has 0 unspecified atom stereocenters. The van der Waals surface area contributed by atoms with E-state index in [-0.39, 0.29) is 0 Å². The topological polar surface area (TPSA) is 23.8 Å². The summed E-state index contributed by atoms with van der Waals surface area (Å²) in [4.78, 5) is 0. The molecule has 0 aliphatic heterocycles. The summed E-state index contributed by atoms with van der Waals surface area (Å²) in [6.07, 6.45) is 1.67. The Bertz CT molecular complexity index is 323. The van der Waals surface area contributed by atoms with Crippen LogP contribution >= 0.6 is 15.9 Å². The van der Waals surface area contributed by atoms with Crippen molar-refractivity contribution in [2.24, 2.45) is 0 Å². The molecule has 0 saturated carbocycles. The predicted molar refractivity (Wildman–Crippen MR) is 48.9 cm³/mol. The summed E-state index contributed by atoms with van der Waals surface area (Å²) in [5.41, 5.74) is 1.52. The molecule has 0 N–H and O–H groups in total. The number of nitriles is 1. The van der Waals surface area contributed by atoms with E-state index in [1.54, 1.807) is 12.1 Å². The second kappa shape index (κ2) is 3.36. The van der Waals surface area contributed by atoms with Gasteiger partial charge in [0.2, 0.25) is 0 Å². The molecule has 0 amide bonds. The Morgan fingerprint density at radius 3 is 2.82 bits per heavy atom. The van der Waals surface area contributed by atoms with Gasteiger partial charge in [0.15, 0.2) is 0 Å². The number of benzene rings is 1. The fourth-order valence-corrected chi connectivity index (χ4v) is 1.16. The average molecular weight is 208 g/mol. The van der Waals surface area contributed by atoms with Gasteiger partial charge in [0.25, 0.3) is 0 Å². The lowest BCUT2D eigenvalue weighted by molar-refractivity contribution is 1.46. The van der Waals surface area contributed by atoms with Gasteiger partial charge in [0.05, 0.1) is 11.6 Å². The van der Waals surface area contributed by atoms with Crippen LogP contribution < -0.4 is 0 Å². The van der Waals surface area contributed by atoms with Gasteiger partial charge >= 0.3 is 0 Å². The Labute approximate surface area is 74.1 Å². The van der Waals surface area contributed by atoms with Crippen molar-refractivity contribution in [3.05, 3.63) is 40.4 Å². The Kier molecular flexibility index (Phi) is 2.45. The monoisotopic (exact) mass is 207 g/mol. The zero-order valence-corrected chi connectivity index (χ0v) is 7.43. The Balaban J connectivity index is 3.30. The summed E-state index contributed by atoms with van der Waals surface area (Å²) in [6.45, 7) is 3.60. The van der Waals surface area contributed by atoms with Crippen LogP contribution in [0.15, 0.2) is 29.3 Å². The lowest BCUT2D eigenvalue weighted by Crippen LogP contribution is -1.80. The molecule has 0 heterocycles. The van der Waals surface area contributed by atoms with Crippen molar-refractivity contribution in [1.29, 1.82) is 5.26 Å². The third-order valence-corrected chi connectivity index (χ3v) is 1.85. The lowest BCUT2D eigenvalue weighted by atomic mass is 10.1. The second-order valence-corrected chi connectivity index (χ2v) is 2.96. The first-order valence-electron chi connectivity index (χ1n) is 3.10. The molecule has 0 aliphatic carbocycles. The van der Waals surface area contributed by atoms with Crippen molar-refractivity contribution in [3.8, 4) is 6.07 Å². The molecule has 0 saturated heterocycles. The number of rotatable bonds is 1. The molecule has 0 fully saturated rings. The molecular formula is C9H6BrN. The Morgan fingerprint density at radius 2 is 2.27 bits per heavy atom. The highest BCUT2D eigenvalue weighted by atomic mass is 79.9. The maximum absolute atomic E-state index is 8.66. The molecule has 54 valence electrons. The molecule has 1 aromatic carbocycles. The van der Waals surface area contributed by atoms with Crippen molar-refractivity contribution >= 4 is 22.0 Å². The Morgan fingerprint density at radius 1 is 1.55 bits per heavy atom. The molecule has 0 aromatic heterocycles. The molecule has 1 rings (SSSR count). The molecule has 2 heteroatoms. The van der Waals surface area contributed by atoms with E-state index in [9.17, 15) is 0 Å². The first-order chi connectivity index (χ1) is 5.27. The highest BCUT2D eigenvalue weighted by Gasteiger charge is 1.97. The summed E-state index contributed by atoms with van der Waals surface area (Å²) >= 11 is 3.28. The minimum atomic E-state index is 0.648. The minimum absolute atomic E-state index is 0.648. The van der Waals surface area contributed by atoms with E-state index >= 15 is 0 Å². The first kappa shape index (κ1) is 8.03. The van der Waals surface area contributed by atoms with Crippen molar-refractivity contribution < 1.29 is 0 Å². The van der Waals surface area contributed by atoms with E-state index in [0.29, 0.717) is 5.56 Å². The van der Waals surface area contributed by atoms with Crippen molar-refractivity contribution in [3.63, 3.8) is 0 Å². The van der Waals surface area contributed by atoms with Crippen LogP contribution in [0.3, 0.4) is 0 Å². The number of hydrogen-bond donors (Lipinski definition) is 0. The van der Waals surface area contributed by atoms with Crippen LogP contribution in [0, 0.1) is 11.3 Å². The molecule has 0 radical (unpaired) electrons. The van der Waals surface area contributed by atoms with Crippen LogP contribution in [0.2, 0.25) is 0 Å². The summed E-state index contributed by atoms with van der Waals surface area (Å²) < 4.78 is 0.916. The van der Waals surface area contributed by atoms with Crippen molar-refractivity contribution in [1.82, 2.24) is 0 Å². The highest BCUT2D eigenvalue weighted by Crippen LogP contribution is 2.16. The maximum Gasteiger partial charge on any atom is 0.0998 e. The van der Waals surface area contributed by atoms with Gasteiger partial charge in [-0.25, -0.2) is 0 Å². The van der Waals surface area contributed by atoms with Gasteiger partial charge < -0.3 is 0 Å². The third-order valence-electron chi connectivity index (χ3n) is 1.36. The van der Waals surface area contributed by atoms with Gasteiger partial charge in [-0.05, 0) is 17.7 Å². The van der Waals surface area contributed by atoms with Gasteiger partial charge in [-0.1, -0.05) is 34.7 Å². The summed E-state index contributed by atoms with van der Waals surface area (Å²) in [5, 5.41) is 8.66. The van der Waals surface area contributed by atoms with Gasteiger partial charge in [-0.3, -0.25) is 0 Å². The zero-order chi connectivity index (χ0) is 8.27. The number of nitrogens with zero attached hydrogens (tertiary/aromatic N) is 1. The minimum Gasteiger partial charge on any atom is -0.192 e. The number of hydrogen-bond acceptors (Lipinski definition) is 1. The maximum atomic E-state index is 8.66. The fraction of sp³-hybridized carbons (Fsp3) is 0. The molecule has 11 heavy (non-hydrogen) atoms. The van der Waals surface area contributed by atoms with E-state index < -0.39 is 0 Å². The van der Waals surface area contributed by atoms with Gasteiger partial charge in [-0.15, -0.1) is 0 Å². The summed E-state index contributed by atoms with van der Waals surface area (Å²) in [5.74, 6) is 0. The largest absolute Gasteiger partial charge is 0.192 e. The van der Waals surface area contributed by atoms with Crippen molar-refractivity contribution in [2.75, 3.05) is 0 Å². The summed E-state index contributed by atoms with van der Waals surface area (Å²) in [7, 11) is 0. The van der Waals surface area contributed by atoms with Crippen LogP contribution in [-0.4, -0.2) is 0 Å². The molecule has 0 spiro atoms. The molecule has 0 bridgehead atoms. The van der Waals surface area contributed by atoms with Crippen LogP contribution in [0.1, 0.15) is 11.1 Å². The molecule has 1 aromatic rings. The molecule has 0 atom stereocenters. The zero-order valence-electron chi connectivity index (χ0n) is 5.84. The highest BCUT2D eigenvalue weighted by molar-refractivity contribution is 9.10. The van der Waals surface area contributed by atoms with Crippen LogP contribution in [0.25, 0.3) is 6.08 Å². The second-order valence-electron chi connectivity index (χ2n) is 2.05. The third kappa shape index (κ3) is 1.69. The van der Waals surface area contributed by atoms with E-state index in [2.05, 4.69) is 28.6 Å². The molecule has 1 nitrogen and oxygen atoms in total. The normalized spacial score (nSPS) is 8.73. The predicted octanol–water partition coefficient (Wildman–Crippen LogP) is 2.96. The smallest absolute Gasteiger partial charge is 0.0998 e. The first-order valence-corrected chi connectivity index (χ1v) is 3.89. The van der Waals surface area contributed by atoms with E-state index in [4.69, 9.17) is 5.26 Å². The van der Waals surface area contributed by atoms with Crippen molar-refractivity contribution in [2.45, 2.75) is 0 Å². The SMILES string of the molecule is C=Cc1ccc(Br)cc1C#N.